The Morgan fingerprint density at radius 2 is 1.70 bits per heavy atom. The van der Waals surface area contributed by atoms with Gasteiger partial charge >= 0.3 is 11.9 Å². The van der Waals surface area contributed by atoms with Crippen LogP contribution in [0.4, 0.5) is 0 Å². The van der Waals surface area contributed by atoms with Crippen molar-refractivity contribution in [1.82, 2.24) is 0 Å². The molecule has 0 aromatic heterocycles. The highest BCUT2D eigenvalue weighted by molar-refractivity contribution is 7.85. The average molecular weight is 348 g/mol. The van der Waals surface area contributed by atoms with Crippen LogP contribution in [0.25, 0.3) is 0 Å². The van der Waals surface area contributed by atoms with Crippen molar-refractivity contribution in [2.24, 2.45) is 16.7 Å². The van der Waals surface area contributed by atoms with Crippen LogP contribution in [0.15, 0.2) is 12.2 Å². The fourth-order valence-corrected chi connectivity index (χ4v) is 4.86. The Morgan fingerprint density at radius 1 is 1.22 bits per heavy atom. The van der Waals surface area contributed by atoms with E-state index in [1.54, 1.807) is 0 Å². The van der Waals surface area contributed by atoms with Gasteiger partial charge in [-0.2, -0.15) is 8.42 Å². The molecule has 8 nitrogen and oxygen atoms in total. The molecule has 0 spiro atoms. The topological polar surface area (TPSA) is 146 Å². The number of fused-ring (bicyclic) bond motifs is 2. The van der Waals surface area contributed by atoms with Crippen LogP contribution in [-0.2, 0) is 24.5 Å². The molecule has 2 unspecified atom stereocenters. The number of ketones is 1. The molecule has 2 aliphatic carbocycles. The van der Waals surface area contributed by atoms with Gasteiger partial charge in [-0.25, -0.2) is 9.59 Å². The maximum absolute atomic E-state index is 11.9. The van der Waals surface area contributed by atoms with Crippen molar-refractivity contribution in [3.8, 4) is 0 Å². The van der Waals surface area contributed by atoms with Crippen LogP contribution in [-0.4, -0.2) is 46.7 Å². The van der Waals surface area contributed by atoms with Gasteiger partial charge in [0.2, 0.25) is 0 Å². The van der Waals surface area contributed by atoms with E-state index >= 15 is 0 Å². The summed E-state index contributed by atoms with van der Waals surface area (Å²) in [6.45, 7) is 3.89. The lowest BCUT2D eigenvalue weighted by atomic mass is 9.70. The van der Waals surface area contributed by atoms with E-state index in [0.29, 0.717) is 25.0 Å². The maximum Gasteiger partial charge on any atom is 0.328 e. The Labute approximate surface area is 133 Å². The largest absolute Gasteiger partial charge is 0.478 e. The predicted molar refractivity (Wildman–Crippen MR) is 79.4 cm³/mol. The van der Waals surface area contributed by atoms with E-state index in [9.17, 15) is 22.8 Å². The van der Waals surface area contributed by atoms with Crippen LogP contribution in [0, 0.1) is 16.7 Å². The Bertz CT molecular complexity index is 630. The Kier molecular flexibility index (Phi) is 5.37. The lowest BCUT2D eigenvalue weighted by molar-refractivity contribution is -0.134. The lowest BCUT2D eigenvalue weighted by Gasteiger charge is -2.35. The average Bonchev–Trinajstić information content (AvgIpc) is 2.69. The molecule has 0 aliphatic heterocycles. The number of carbonyl (C=O) groups is 3. The third-order valence-corrected chi connectivity index (χ3v) is 5.79. The summed E-state index contributed by atoms with van der Waals surface area (Å²) in [4.78, 5) is 31.0. The first-order chi connectivity index (χ1) is 10.3. The highest BCUT2D eigenvalue weighted by atomic mass is 32.2. The summed E-state index contributed by atoms with van der Waals surface area (Å²) in [7, 11) is -4.08. The third-order valence-electron chi connectivity index (χ3n) is 4.94. The van der Waals surface area contributed by atoms with Crippen molar-refractivity contribution >= 4 is 27.8 Å². The summed E-state index contributed by atoms with van der Waals surface area (Å²) in [6.07, 6.45) is 3.09. The van der Waals surface area contributed by atoms with Crippen LogP contribution < -0.4 is 0 Å². The third kappa shape index (κ3) is 4.17. The van der Waals surface area contributed by atoms with Gasteiger partial charge in [-0.15, -0.1) is 0 Å². The van der Waals surface area contributed by atoms with Crippen molar-refractivity contribution in [1.29, 1.82) is 0 Å². The molecule has 0 heterocycles. The molecule has 23 heavy (non-hydrogen) atoms. The molecule has 2 fully saturated rings. The van der Waals surface area contributed by atoms with Gasteiger partial charge in [0.15, 0.2) is 0 Å². The second kappa shape index (κ2) is 6.40. The number of carboxylic acid groups (broad SMARTS) is 2. The standard InChI is InChI=1S/C10H16O4S.C4H4O4/c1-9(2)7-3-4-10(9,8(11)5-7)6-15(12,13)14;5-3(6)1-2-4(7)8/h7H,3-6H2,1-2H3,(H,12,13,14);1-2H,(H,5,6)(H,7,8)/b;2-1+. The minimum atomic E-state index is -4.08. The first-order valence-electron chi connectivity index (χ1n) is 6.94. The minimum absolute atomic E-state index is 0.0152. The number of hydrogen-bond acceptors (Lipinski definition) is 5. The molecular formula is C14H20O8S. The van der Waals surface area contributed by atoms with Crippen LogP contribution in [0.3, 0.4) is 0 Å². The first-order valence-corrected chi connectivity index (χ1v) is 8.55. The number of aliphatic carboxylic acids is 2. The van der Waals surface area contributed by atoms with Gasteiger partial charge in [0.05, 0.1) is 11.2 Å². The Hall–Kier alpha value is -1.74. The molecule has 3 N–H and O–H groups in total. The van der Waals surface area contributed by atoms with Crippen molar-refractivity contribution in [2.45, 2.75) is 33.1 Å². The number of Topliss-reactive ketones (excluding diaryl/α,β-unsaturated/α-hetero) is 1. The molecule has 0 aromatic carbocycles. The molecule has 2 aliphatic rings. The van der Waals surface area contributed by atoms with Crippen molar-refractivity contribution in [3.63, 3.8) is 0 Å². The molecule has 0 radical (unpaired) electrons. The van der Waals surface area contributed by atoms with E-state index in [0.717, 1.165) is 6.42 Å². The van der Waals surface area contributed by atoms with E-state index in [4.69, 9.17) is 14.8 Å². The first kappa shape index (κ1) is 19.3. The van der Waals surface area contributed by atoms with E-state index in [1.807, 2.05) is 13.8 Å². The predicted octanol–water partition coefficient (Wildman–Crippen LogP) is 0.981. The molecule has 130 valence electrons. The quantitative estimate of drug-likeness (QED) is 0.503. The maximum atomic E-state index is 11.9. The monoisotopic (exact) mass is 348 g/mol. The number of hydrogen-bond donors (Lipinski definition) is 3. The zero-order valence-electron chi connectivity index (χ0n) is 12.9. The molecule has 0 amide bonds. The summed E-state index contributed by atoms with van der Waals surface area (Å²) < 4.78 is 31.0. The molecule has 0 saturated heterocycles. The van der Waals surface area contributed by atoms with Crippen LogP contribution >= 0.6 is 0 Å². The summed E-state index contributed by atoms with van der Waals surface area (Å²) in [6, 6.07) is 0. The summed E-state index contributed by atoms with van der Waals surface area (Å²) in [5.41, 5.74) is -1.12. The molecule has 0 aromatic rings. The summed E-state index contributed by atoms with van der Waals surface area (Å²) >= 11 is 0. The Balaban J connectivity index is 0.000000284. The van der Waals surface area contributed by atoms with Crippen LogP contribution in [0.1, 0.15) is 33.1 Å². The van der Waals surface area contributed by atoms with E-state index in [1.165, 1.54) is 0 Å². The van der Waals surface area contributed by atoms with Crippen LogP contribution in [0.5, 0.6) is 0 Å². The molecule has 2 atom stereocenters. The number of rotatable bonds is 4. The van der Waals surface area contributed by atoms with Gasteiger partial charge in [-0.05, 0) is 24.2 Å². The zero-order valence-corrected chi connectivity index (χ0v) is 13.7. The van der Waals surface area contributed by atoms with Crippen molar-refractivity contribution < 1.29 is 37.6 Å². The van der Waals surface area contributed by atoms with Gasteiger partial charge in [0.25, 0.3) is 10.1 Å². The van der Waals surface area contributed by atoms with Gasteiger partial charge in [-0.3, -0.25) is 9.35 Å². The molecule has 2 saturated carbocycles. The number of carboxylic acids is 2. The molecule has 2 bridgehead atoms. The van der Waals surface area contributed by atoms with E-state index in [-0.39, 0.29) is 17.1 Å². The lowest BCUT2D eigenvalue weighted by Crippen LogP contribution is -2.42. The second-order valence-electron chi connectivity index (χ2n) is 6.40. The number of carbonyl (C=O) groups excluding carboxylic acids is 1. The van der Waals surface area contributed by atoms with Crippen molar-refractivity contribution in [2.75, 3.05) is 5.75 Å². The highest BCUT2D eigenvalue weighted by Crippen LogP contribution is 2.64. The minimum Gasteiger partial charge on any atom is -0.478 e. The van der Waals surface area contributed by atoms with E-state index in [2.05, 4.69) is 0 Å². The van der Waals surface area contributed by atoms with Gasteiger partial charge in [0.1, 0.15) is 5.78 Å². The molecule has 9 heteroatoms. The Morgan fingerprint density at radius 3 is 1.96 bits per heavy atom. The highest BCUT2D eigenvalue weighted by Gasteiger charge is 2.65. The summed E-state index contributed by atoms with van der Waals surface area (Å²) in [5, 5.41) is 15.6. The van der Waals surface area contributed by atoms with Gasteiger partial charge < -0.3 is 10.2 Å². The summed E-state index contributed by atoms with van der Waals surface area (Å²) in [5.74, 6) is -2.62. The van der Waals surface area contributed by atoms with E-state index < -0.39 is 33.2 Å². The SMILES string of the molecule is CC1(C)C2CCC1(CS(=O)(=O)O)C(=O)C2.O=C(O)/C=C/C(=O)O. The smallest absolute Gasteiger partial charge is 0.328 e. The second-order valence-corrected chi connectivity index (χ2v) is 7.86. The van der Waals surface area contributed by atoms with Gasteiger partial charge in [0, 0.05) is 18.6 Å². The zero-order chi connectivity index (χ0) is 18.1. The van der Waals surface area contributed by atoms with Gasteiger partial charge in [-0.1, -0.05) is 13.8 Å². The van der Waals surface area contributed by atoms with Crippen molar-refractivity contribution in [3.05, 3.63) is 12.2 Å². The van der Waals surface area contributed by atoms with Crippen LogP contribution in [0.2, 0.25) is 0 Å². The molecule has 2 rings (SSSR count). The normalized spacial score (nSPS) is 28.5. The molecular weight excluding hydrogens is 328 g/mol. The fourth-order valence-electron chi connectivity index (χ4n) is 3.56. The fraction of sp³-hybridized carbons (Fsp3) is 0.643.